The van der Waals surface area contributed by atoms with E-state index in [1.54, 1.807) is 25.1 Å². The summed E-state index contributed by atoms with van der Waals surface area (Å²) < 4.78 is 0. The van der Waals surface area contributed by atoms with Gasteiger partial charge in [-0.2, -0.15) is 0 Å². The fraction of sp³-hybridized carbons (Fsp3) is 0.385. The fourth-order valence-corrected chi connectivity index (χ4v) is 1.58. The number of amides is 1. The number of benzene rings is 1. The number of carbonyl (C=O) groups excluding carboxylic acids is 2. The predicted molar refractivity (Wildman–Crippen MR) is 62.4 cm³/mol. The van der Waals surface area contributed by atoms with Gasteiger partial charge in [-0.15, -0.1) is 0 Å². The van der Waals surface area contributed by atoms with E-state index >= 15 is 0 Å². The van der Waals surface area contributed by atoms with Crippen molar-refractivity contribution in [1.29, 1.82) is 0 Å². The molecule has 0 saturated heterocycles. The minimum Gasteiger partial charge on any atom is -0.326 e. The SMILES string of the molecule is CCC(=O)Nc1cccc(C(=O)C2CC2)c1. The molecule has 0 spiro atoms. The molecule has 84 valence electrons. The van der Waals surface area contributed by atoms with Crippen molar-refractivity contribution in [2.24, 2.45) is 5.92 Å². The minimum atomic E-state index is -0.0315. The van der Waals surface area contributed by atoms with Crippen LogP contribution in [-0.4, -0.2) is 11.7 Å². The van der Waals surface area contributed by atoms with Crippen molar-refractivity contribution in [3.63, 3.8) is 0 Å². The Balaban J connectivity index is 2.12. The van der Waals surface area contributed by atoms with E-state index in [0.717, 1.165) is 12.8 Å². The minimum absolute atomic E-state index is 0.0315. The highest BCUT2D eigenvalue weighted by Crippen LogP contribution is 2.33. The second-order valence-corrected chi connectivity index (χ2v) is 4.12. The van der Waals surface area contributed by atoms with Crippen LogP contribution < -0.4 is 5.32 Å². The van der Waals surface area contributed by atoms with Crippen molar-refractivity contribution in [3.05, 3.63) is 29.8 Å². The van der Waals surface area contributed by atoms with Crippen molar-refractivity contribution in [2.45, 2.75) is 26.2 Å². The van der Waals surface area contributed by atoms with Gasteiger partial charge in [0.15, 0.2) is 5.78 Å². The van der Waals surface area contributed by atoms with Gasteiger partial charge >= 0.3 is 0 Å². The number of hydrogen-bond donors (Lipinski definition) is 1. The summed E-state index contributed by atoms with van der Waals surface area (Å²) in [5, 5.41) is 2.76. The molecule has 1 aromatic carbocycles. The van der Waals surface area contributed by atoms with Gasteiger partial charge in [0.05, 0.1) is 0 Å². The van der Waals surface area contributed by atoms with Gasteiger partial charge in [-0.3, -0.25) is 9.59 Å². The van der Waals surface area contributed by atoms with Crippen molar-refractivity contribution in [3.8, 4) is 0 Å². The normalized spacial score (nSPS) is 14.6. The molecule has 1 aromatic rings. The third-order valence-corrected chi connectivity index (χ3v) is 2.70. The zero-order valence-corrected chi connectivity index (χ0v) is 9.32. The molecule has 16 heavy (non-hydrogen) atoms. The molecule has 1 amide bonds. The van der Waals surface area contributed by atoms with Crippen molar-refractivity contribution in [2.75, 3.05) is 5.32 Å². The first-order valence-corrected chi connectivity index (χ1v) is 5.65. The smallest absolute Gasteiger partial charge is 0.224 e. The molecule has 1 fully saturated rings. The quantitative estimate of drug-likeness (QED) is 0.788. The van der Waals surface area contributed by atoms with Crippen LogP contribution in [0.5, 0.6) is 0 Å². The lowest BCUT2D eigenvalue weighted by atomic mass is 10.1. The Kier molecular flexibility index (Phi) is 3.04. The van der Waals surface area contributed by atoms with E-state index in [4.69, 9.17) is 0 Å². The Bertz CT molecular complexity index is 422. The van der Waals surface area contributed by atoms with E-state index in [1.165, 1.54) is 0 Å². The van der Waals surface area contributed by atoms with Crippen LogP contribution in [0.4, 0.5) is 5.69 Å². The monoisotopic (exact) mass is 217 g/mol. The standard InChI is InChI=1S/C13H15NO2/c1-2-12(15)14-11-5-3-4-10(8-11)13(16)9-6-7-9/h3-5,8-9H,2,6-7H2,1H3,(H,14,15). The van der Waals surface area contributed by atoms with Crippen LogP contribution in [0, 0.1) is 5.92 Å². The van der Waals surface area contributed by atoms with Crippen molar-refractivity contribution in [1.82, 2.24) is 0 Å². The summed E-state index contributed by atoms with van der Waals surface area (Å²) in [4.78, 5) is 23.0. The molecule has 1 N–H and O–H groups in total. The van der Waals surface area contributed by atoms with Gasteiger partial charge < -0.3 is 5.32 Å². The average Bonchev–Trinajstić information content (AvgIpc) is 3.12. The number of ketones is 1. The van der Waals surface area contributed by atoms with Crippen molar-refractivity contribution < 1.29 is 9.59 Å². The Labute approximate surface area is 94.9 Å². The second kappa shape index (κ2) is 4.47. The summed E-state index contributed by atoms with van der Waals surface area (Å²) >= 11 is 0. The van der Waals surface area contributed by atoms with Crippen LogP contribution in [0.2, 0.25) is 0 Å². The van der Waals surface area contributed by atoms with Crippen LogP contribution in [0.1, 0.15) is 36.5 Å². The zero-order valence-electron chi connectivity index (χ0n) is 9.32. The Morgan fingerprint density at radius 1 is 1.38 bits per heavy atom. The maximum atomic E-state index is 11.8. The van der Waals surface area contributed by atoms with Gasteiger partial charge in [-0.1, -0.05) is 19.1 Å². The molecule has 0 atom stereocenters. The maximum absolute atomic E-state index is 11.8. The summed E-state index contributed by atoms with van der Waals surface area (Å²) in [6.07, 6.45) is 2.45. The maximum Gasteiger partial charge on any atom is 0.224 e. The Hall–Kier alpha value is -1.64. The molecule has 0 heterocycles. The van der Waals surface area contributed by atoms with E-state index in [1.807, 2.05) is 6.07 Å². The summed E-state index contributed by atoms with van der Waals surface area (Å²) in [5.74, 6) is 0.390. The third-order valence-electron chi connectivity index (χ3n) is 2.70. The number of rotatable bonds is 4. The summed E-state index contributed by atoms with van der Waals surface area (Å²) in [7, 11) is 0. The summed E-state index contributed by atoms with van der Waals surface area (Å²) in [6, 6.07) is 7.18. The van der Waals surface area contributed by atoms with Crippen LogP contribution in [0.3, 0.4) is 0 Å². The van der Waals surface area contributed by atoms with Crippen LogP contribution in [-0.2, 0) is 4.79 Å². The van der Waals surface area contributed by atoms with Gasteiger partial charge in [0, 0.05) is 23.6 Å². The fourth-order valence-electron chi connectivity index (χ4n) is 1.58. The molecule has 1 aliphatic rings. The lowest BCUT2D eigenvalue weighted by molar-refractivity contribution is -0.115. The first-order chi connectivity index (χ1) is 7.70. The highest BCUT2D eigenvalue weighted by Gasteiger charge is 2.30. The molecule has 0 aromatic heterocycles. The Morgan fingerprint density at radius 3 is 2.75 bits per heavy atom. The first-order valence-electron chi connectivity index (χ1n) is 5.65. The molecule has 3 nitrogen and oxygen atoms in total. The largest absolute Gasteiger partial charge is 0.326 e. The number of anilines is 1. The van der Waals surface area contributed by atoms with E-state index < -0.39 is 0 Å². The van der Waals surface area contributed by atoms with Crippen molar-refractivity contribution >= 4 is 17.4 Å². The average molecular weight is 217 g/mol. The number of hydrogen-bond acceptors (Lipinski definition) is 2. The lowest BCUT2D eigenvalue weighted by Gasteiger charge is -2.05. The summed E-state index contributed by atoms with van der Waals surface area (Å²) in [6.45, 7) is 1.80. The molecule has 0 radical (unpaired) electrons. The van der Waals surface area contributed by atoms with E-state index in [0.29, 0.717) is 17.7 Å². The molecule has 0 unspecified atom stereocenters. The predicted octanol–water partition coefficient (Wildman–Crippen LogP) is 2.63. The highest BCUT2D eigenvalue weighted by atomic mass is 16.1. The highest BCUT2D eigenvalue weighted by molar-refractivity contribution is 6.01. The van der Waals surface area contributed by atoms with E-state index in [2.05, 4.69) is 5.32 Å². The number of Topliss-reactive ketones (excluding diaryl/α,β-unsaturated/α-hetero) is 1. The van der Waals surface area contributed by atoms with Gasteiger partial charge in [0.2, 0.25) is 5.91 Å². The van der Waals surface area contributed by atoms with Crippen LogP contribution in [0.15, 0.2) is 24.3 Å². The second-order valence-electron chi connectivity index (χ2n) is 4.12. The van der Waals surface area contributed by atoms with Gasteiger partial charge in [-0.25, -0.2) is 0 Å². The van der Waals surface area contributed by atoms with Gasteiger partial charge in [-0.05, 0) is 25.0 Å². The molecule has 0 bridgehead atoms. The molecular weight excluding hydrogens is 202 g/mol. The molecule has 2 rings (SSSR count). The topological polar surface area (TPSA) is 46.2 Å². The first kappa shape index (κ1) is 10.9. The van der Waals surface area contributed by atoms with E-state index in [9.17, 15) is 9.59 Å². The molecule has 0 aliphatic heterocycles. The molecule has 1 saturated carbocycles. The van der Waals surface area contributed by atoms with Gasteiger partial charge in [0.1, 0.15) is 0 Å². The number of nitrogens with one attached hydrogen (secondary N) is 1. The van der Waals surface area contributed by atoms with Crippen LogP contribution >= 0.6 is 0 Å². The lowest BCUT2D eigenvalue weighted by Crippen LogP contribution is -2.10. The zero-order chi connectivity index (χ0) is 11.5. The Morgan fingerprint density at radius 2 is 2.12 bits per heavy atom. The van der Waals surface area contributed by atoms with Gasteiger partial charge in [0.25, 0.3) is 0 Å². The number of carbonyl (C=O) groups is 2. The van der Waals surface area contributed by atoms with E-state index in [-0.39, 0.29) is 17.6 Å². The third kappa shape index (κ3) is 2.48. The molecule has 3 heteroatoms. The molecular formula is C13H15NO2. The summed E-state index contributed by atoms with van der Waals surface area (Å²) in [5.41, 5.74) is 1.41. The van der Waals surface area contributed by atoms with Crippen LogP contribution in [0.25, 0.3) is 0 Å². The molecule has 1 aliphatic carbocycles.